The van der Waals surface area contributed by atoms with Crippen molar-refractivity contribution in [3.63, 3.8) is 0 Å². The van der Waals surface area contributed by atoms with Crippen LogP contribution in [0.1, 0.15) is 11.1 Å². The van der Waals surface area contributed by atoms with E-state index in [2.05, 4.69) is 6.07 Å². The predicted octanol–water partition coefficient (Wildman–Crippen LogP) is 2.53. The number of hydrogen-bond acceptors (Lipinski definition) is 2. The van der Waals surface area contributed by atoms with Crippen molar-refractivity contribution in [2.45, 2.75) is 6.92 Å². The fraction of sp³-hybridized carbons (Fsp3) is 0.222. The van der Waals surface area contributed by atoms with E-state index in [0.29, 0.717) is 16.3 Å². The van der Waals surface area contributed by atoms with Crippen LogP contribution >= 0.6 is 11.6 Å². The number of methoxy groups -OCH3 is 1. The average molecular weight is 182 g/mol. The van der Waals surface area contributed by atoms with E-state index in [1.807, 2.05) is 6.92 Å². The predicted molar refractivity (Wildman–Crippen MR) is 47.5 cm³/mol. The Morgan fingerprint density at radius 1 is 1.50 bits per heavy atom. The Bertz CT molecular complexity index is 341. The highest BCUT2D eigenvalue weighted by Gasteiger charge is 2.04. The van der Waals surface area contributed by atoms with Gasteiger partial charge in [-0.05, 0) is 24.6 Å². The van der Waals surface area contributed by atoms with Crippen LogP contribution in [-0.4, -0.2) is 7.11 Å². The van der Waals surface area contributed by atoms with Crippen LogP contribution in [0.2, 0.25) is 5.02 Å². The lowest BCUT2D eigenvalue weighted by Crippen LogP contribution is -1.88. The van der Waals surface area contributed by atoms with E-state index in [4.69, 9.17) is 21.6 Å². The summed E-state index contributed by atoms with van der Waals surface area (Å²) in [6, 6.07) is 5.42. The normalized spacial score (nSPS) is 9.17. The maximum absolute atomic E-state index is 8.68. The monoisotopic (exact) mass is 181 g/mol. The third-order valence-electron chi connectivity index (χ3n) is 1.62. The van der Waals surface area contributed by atoms with E-state index in [1.165, 1.54) is 7.11 Å². The zero-order chi connectivity index (χ0) is 9.14. The standard InChI is InChI=1S/C9H8ClNO/c1-6-3-8(10)9(12-2)4-7(6)5-11/h3-4H,1-2H3. The summed E-state index contributed by atoms with van der Waals surface area (Å²) in [4.78, 5) is 0. The number of halogens is 1. The van der Waals surface area contributed by atoms with Gasteiger partial charge in [-0.3, -0.25) is 0 Å². The highest BCUT2D eigenvalue weighted by Crippen LogP contribution is 2.27. The Labute approximate surface area is 76.3 Å². The van der Waals surface area contributed by atoms with Gasteiger partial charge in [0.1, 0.15) is 5.75 Å². The summed E-state index contributed by atoms with van der Waals surface area (Å²) >= 11 is 5.82. The minimum atomic E-state index is 0.536. The molecule has 0 heterocycles. The van der Waals surface area contributed by atoms with Crippen molar-refractivity contribution in [2.24, 2.45) is 0 Å². The first kappa shape index (κ1) is 8.89. The van der Waals surface area contributed by atoms with Gasteiger partial charge in [0.2, 0.25) is 0 Å². The summed E-state index contributed by atoms with van der Waals surface area (Å²) in [6.45, 7) is 1.84. The fourth-order valence-corrected chi connectivity index (χ4v) is 1.23. The topological polar surface area (TPSA) is 33.0 Å². The average Bonchev–Trinajstić information content (AvgIpc) is 2.05. The summed E-state index contributed by atoms with van der Waals surface area (Å²) in [5, 5.41) is 9.22. The van der Waals surface area contributed by atoms with Crippen LogP contribution in [0, 0.1) is 18.3 Å². The van der Waals surface area contributed by atoms with E-state index in [1.54, 1.807) is 12.1 Å². The first-order valence-electron chi connectivity index (χ1n) is 3.43. The lowest BCUT2D eigenvalue weighted by Gasteiger charge is -2.04. The van der Waals surface area contributed by atoms with Gasteiger partial charge in [0, 0.05) is 0 Å². The minimum Gasteiger partial charge on any atom is -0.495 e. The molecule has 12 heavy (non-hydrogen) atoms. The van der Waals surface area contributed by atoms with Crippen LogP contribution in [0.15, 0.2) is 12.1 Å². The summed E-state index contributed by atoms with van der Waals surface area (Å²) in [5.74, 6) is 0.541. The largest absolute Gasteiger partial charge is 0.495 e. The van der Waals surface area contributed by atoms with Crippen molar-refractivity contribution in [1.82, 2.24) is 0 Å². The summed E-state index contributed by atoms with van der Waals surface area (Å²) in [7, 11) is 1.53. The van der Waals surface area contributed by atoms with Gasteiger partial charge in [-0.25, -0.2) is 0 Å². The Hall–Kier alpha value is -1.20. The minimum absolute atomic E-state index is 0.536. The number of nitriles is 1. The molecule has 0 saturated heterocycles. The van der Waals surface area contributed by atoms with Gasteiger partial charge in [-0.1, -0.05) is 11.6 Å². The highest BCUT2D eigenvalue weighted by atomic mass is 35.5. The van der Waals surface area contributed by atoms with Gasteiger partial charge in [-0.15, -0.1) is 0 Å². The van der Waals surface area contributed by atoms with Crippen LogP contribution in [-0.2, 0) is 0 Å². The van der Waals surface area contributed by atoms with Crippen LogP contribution in [0.3, 0.4) is 0 Å². The van der Waals surface area contributed by atoms with Gasteiger partial charge in [0.05, 0.1) is 23.8 Å². The number of hydrogen-bond donors (Lipinski definition) is 0. The van der Waals surface area contributed by atoms with Crippen LogP contribution in [0.5, 0.6) is 5.75 Å². The molecule has 1 rings (SSSR count). The molecule has 0 N–H and O–H groups in total. The molecule has 0 radical (unpaired) electrons. The molecule has 0 fully saturated rings. The molecule has 1 aromatic rings. The van der Waals surface area contributed by atoms with Crippen molar-refractivity contribution in [2.75, 3.05) is 7.11 Å². The van der Waals surface area contributed by atoms with E-state index in [9.17, 15) is 0 Å². The smallest absolute Gasteiger partial charge is 0.138 e. The van der Waals surface area contributed by atoms with E-state index >= 15 is 0 Å². The first-order chi connectivity index (χ1) is 5.69. The number of ether oxygens (including phenoxy) is 1. The van der Waals surface area contributed by atoms with E-state index in [-0.39, 0.29) is 0 Å². The molecule has 0 aromatic heterocycles. The molecular formula is C9H8ClNO. The van der Waals surface area contributed by atoms with Gasteiger partial charge in [0.15, 0.2) is 0 Å². The van der Waals surface area contributed by atoms with Gasteiger partial charge in [-0.2, -0.15) is 5.26 Å². The van der Waals surface area contributed by atoms with Crippen LogP contribution in [0.4, 0.5) is 0 Å². The third kappa shape index (κ3) is 1.51. The van der Waals surface area contributed by atoms with Crippen LogP contribution < -0.4 is 4.74 Å². The van der Waals surface area contributed by atoms with Crippen molar-refractivity contribution in [3.8, 4) is 11.8 Å². The zero-order valence-electron chi connectivity index (χ0n) is 6.89. The Balaban J connectivity index is 3.30. The Morgan fingerprint density at radius 3 is 2.67 bits per heavy atom. The molecule has 0 aliphatic rings. The molecular weight excluding hydrogens is 174 g/mol. The zero-order valence-corrected chi connectivity index (χ0v) is 7.64. The second kappa shape index (κ2) is 3.46. The molecule has 3 heteroatoms. The number of rotatable bonds is 1. The molecule has 0 saturated carbocycles. The fourth-order valence-electron chi connectivity index (χ4n) is 0.930. The molecule has 0 unspecified atom stereocenters. The second-order valence-corrected chi connectivity index (χ2v) is 2.82. The molecule has 0 spiro atoms. The molecule has 0 bridgehead atoms. The maximum Gasteiger partial charge on any atom is 0.138 e. The second-order valence-electron chi connectivity index (χ2n) is 2.41. The quantitative estimate of drug-likeness (QED) is 0.667. The summed E-state index contributed by atoms with van der Waals surface area (Å²) in [6.07, 6.45) is 0. The first-order valence-corrected chi connectivity index (χ1v) is 3.81. The van der Waals surface area contributed by atoms with Gasteiger partial charge < -0.3 is 4.74 Å². The Kier molecular flexibility index (Phi) is 2.57. The Morgan fingerprint density at radius 2 is 2.17 bits per heavy atom. The summed E-state index contributed by atoms with van der Waals surface area (Å²) < 4.78 is 4.96. The van der Waals surface area contributed by atoms with E-state index < -0.39 is 0 Å². The van der Waals surface area contributed by atoms with Crippen molar-refractivity contribution >= 4 is 11.6 Å². The van der Waals surface area contributed by atoms with E-state index in [0.717, 1.165) is 5.56 Å². The molecule has 0 amide bonds. The highest BCUT2D eigenvalue weighted by molar-refractivity contribution is 6.32. The van der Waals surface area contributed by atoms with Gasteiger partial charge >= 0.3 is 0 Å². The molecule has 62 valence electrons. The van der Waals surface area contributed by atoms with Crippen molar-refractivity contribution in [1.29, 1.82) is 5.26 Å². The molecule has 0 aliphatic heterocycles. The van der Waals surface area contributed by atoms with Gasteiger partial charge in [0.25, 0.3) is 0 Å². The molecule has 2 nitrogen and oxygen atoms in total. The van der Waals surface area contributed by atoms with Crippen LogP contribution in [0.25, 0.3) is 0 Å². The lowest BCUT2D eigenvalue weighted by molar-refractivity contribution is 0.415. The van der Waals surface area contributed by atoms with Crippen molar-refractivity contribution < 1.29 is 4.74 Å². The summed E-state index contributed by atoms with van der Waals surface area (Å²) in [5.41, 5.74) is 1.46. The third-order valence-corrected chi connectivity index (χ3v) is 1.91. The SMILES string of the molecule is COc1cc(C#N)c(C)cc1Cl. The molecule has 1 aromatic carbocycles. The van der Waals surface area contributed by atoms with Crippen molar-refractivity contribution in [3.05, 3.63) is 28.3 Å². The maximum atomic E-state index is 8.68. The molecule has 0 aliphatic carbocycles. The number of benzene rings is 1. The molecule has 0 atom stereocenters. The number of aryl methyl sites for hydroxylation is 1. The number of nitrogens with zero attached hydrogens (tertiary/aromatic N) is 1. The lowest BCUT2D eigenvalue weighted by atomic mass is 10.1.